The monoisotopic (exact) mass is 375 g/mol. The Kier molecular flexibility index (Phi) is 5.06. The van der Waals surface area contributed by atoms with E-state index in [9.17, 15) is 13.2 Å². The number of carbonyl (C=O) groups excluding carboxylic acids is 1. The van der Waals surface area contributed by atoms with Crippen molar-refractivity contribution >= 4 is 27.1 Å². The Morgan fingerprint density at radius 3 is 2.60 bits per heavy atom. The number of hydrogen-bond donors (Lipinski definition) is 1. The Morgan fingerprint density at radius 1 is 1.16 bits per heavy atom. The molecular weight excluding hydrogens is 358 g/mol. The first-order valence-corrected chi connectivity index (χ1v) is 10.1. The van der Waals surface area contributed by atoms with Gasteiger partial charge in [-0.3, -0.25) is 4.79 Å². The van der Waals surface area contributed by atoms with Crippen LogP contribution in [0.25, 0.3) is 0 Å². The van der Waals surface area contributed by atoms with Crippen molar-refractivity contribution in [2.75, 3.05) is 6.54 Å². The summed E-state index contributed by atoms with van der Waals surface area (Å²) in [6, 6.07) is 13.6. The summed E-state index contributed by atoms with van der Waals surface area (Å²) in [6.45, 7) is 1.77. The highest BCUT2D eigenvalue weighted by atomic mass is 32.2. The fourth-order valence-electron chi connectivity index (χ4n) is 2.51. The van der Waals surface area contributed by atoms with Crippen molar-refractivity contribution in [1.29, 1.82) is 0 Å². The SMILES string of the molecule is Cc1ccccc1C(=O)NCC(c1ccco1)S(=O)(=O)c1cccs1. The number of benzene rings is 1. The number of sulfone groups is 1. The first-order valence-electron chi connectivity index (χ1n) is 7.65. The molecule has 1 atom stereocenters. The van der Waals surface area contributed by atoms with E-state index in [0.717, 1.165) is 16.9 Å². The van der Waals surface area contributed by atoms with Gasteiger partial charge in [0.05, 0.1) is 6.26 Å². The molecule has 0 aliphatic carbocycles. The largest absolute Gasteiger partial charge is 0.468 e. The van der Waals surface area contributed by atoms with Gasteiger partial charge in [-0.25, -0.2) is 8.42 Å². The average molecular weight is 375 g/mol. The summed E-state index contributed by atoms with van der Waals surface area (Å²) in [5.74, 6) is -0.00507. The molecule has 0 saturated carbocycles. The zero-order valence-electron chi connectivity index (χ0n) is 13.5. The van der Waals surface area contributed by atoms with Crippen molar-refractivity contribution in [2.45, 2.75) is 16.4 Å². The minimum absolute atomic E-state index is 0.0685. The highest BCUT2D eigenvalue weighted by Gasteiger charge is 2.32. The van der Waals surface area contributed by atoms with Gasteiger partial charge in [-0.1, -0.05) is 24.3 Å². The lowest BCUT2D eigenvalue weighted by Gasteiger charge is -2.16. The van der Waals surface area contributed by atoms with E-state index in [0.29, 0.717) is 11.3 Å². The van der Waals surface area contributed by atoms with E-state index in [1.165, 1.54) is 6.26 Å². The Labute approximate surface area is 150 Å². The summed E-state index contributed by atoms with van der Waals surface area (Å²) < 4.78 is 31.4. The third-order valence-electron chi connectivity index (χ3n) is 3.85. The van der Waals surface area contributed by atoms with E-state index in [-0.39, 0.29) is 16.7 Å². The highest BCUT2D eigenvalue weighted by Crippen LogP contribution is 2.31. The van der Waals surface area contributed by atoms with Crippen LogP contribution in [0.1, 0.15) is 26.9 Å². The Balaban J connectivity index is 1.85. The second-order valence-corrected chi connectivity index (χ2v) is 8.81. The summed E-state index contributed by atoms with van der Waals surface area (Å²) in [6.07, 6.45) is 1.43. The van der Waals surface area contributed by atoms with Crippen molar-refractivity contribution < 1.29 is 17.6 Å². The third kappa shape index (κ3) is 3.67. The maximum Gasteiger partial charge on any atom is 0.251 e. The van der Waals surface area contributed by atoms with Gasteiger partial charge >= 0.3 is 0 Å². The smallest absolute Gasteiger partial charge is 0.251 e. The quantitative estimate of drug-likeness (QED) is 0.714. The van der Waals surface area contributed by atoms with Crippen LogP contribution < -0.4 is 5.32 Å². The molecule has 5 nitrogen and oxygen atoms in total. The fourth-order valence-corrected chi connectivity index (χ4v) is 5.30. The number of rotatable bonds is 6. The molecular formula is C18H17NO4S2. The van der Waals surface area contributed by atoms with Gasteiger partial charge in [-0.15, -0.1) is 11.3 Å². The van der Waals surface area contributed by atoms with Crippen LogP contribution >= 0.6 is 11.3 Å². The Hall–Kier alpha value is -2.38. The second-order valence-electron chi connectivity index (χ2n) is 5.51. The van der Waals surface area contributed by atoms with Crippen molar-refractivity contribution in [1.82, 2.24) is 5.32 Å². The van der Waals surface area contributed by atoms with Crippen molar-refractivity contribution in [2.24, 2.45) is 0 Å². The molecule has 0 aliphatic heterocycles. The molecule has 1 N–H and O–H groups in total. The number of carbonyl (C=O) groups is 1. The molecule has 2 heterocycles. The van der Waals surface area contributed by atoms with Gasteiger partial charge in [0.25, 0.3) is 5.91 Å². The predicted molar refractivity (Wildman–Crippen MR) is 96.5 cm³/mol. The van der Waals surface area contributed by atoms with Crippen LogP contribution in [0.3, 0.4) is 0 Å². The molecule has 1 unspecified atom stereocenters. The van der Waals surface area contributed by atoms with E-state index < -0.39 is 15.1 Å². The molecule has 1 amide bonds. The number of amides is 1. The van der Waals surface area contributed by atoms with Crippen LogP contribution in [0.5, 0.6) is 0 Å². The molecule has 0 fully saturated rings. The maximum absolute atomic E-state index is 12.9. The fraction of sp³-hybridized carbons (Fsp3) is 0.167. The van der Waals surface area contributed by atoms with Crippen LogP contribution in [0, 0.1) is 6.92 Å². The van der Waals surface area contributed by atoms with Crippen LogP contribution in [-0.2, 0) is 9.84 Å². The standard InChI is InChI=1S/C18H17NO4S2/c1-13-6-2-3-7-14(13)18(20)19-12-16(15-8-4-10-23-15)25(21,22)17-9-5-11-24-17/h2-11,16H,12H2,1H3,(H,19,20). The van der Waals surface area contributed by atoms with Crippen LogP contribution in [0.4, 0.5) is 0 Å². The van der Waals surface area contributed by atoms with Gasteiger partial charge in [0, 0.05) is 12.1 Å². The minimum atomic E-state index is -3.66. The van der Waals surface area contributed by atoms with Gasteiger partial charge < -0.3 is 9.73 Å². The van der Waals surface area contributed by atoms with Gasteiger partial charge in [0.2, 0.25) is 0 Å². The Morgan fingerprint density at radius 2 is 1.96 bits per heavy atom. The van der Waals surface area contributed by atoms with E-state index >= 15 is 0 Å². The van der Waals surface area contributed by atoms with E-state index in [1.807, 2.05) is 19.1 Å². The zero-order valence-corrected chi connectivity index (χ0v) is 15.1. The predicted octanol–water partition coefficient (Wildman–Crippen LogP) is 3.59. The van der Waals surface area contributed by atoms with E-state index in [2.05, 4.69) is 5.32 Å². The van der Waals surface area contributed by atoms with E-state index in [1.54, 1.807) is 41.8 Å². The molecule has 0 radical (unpaired) electrons. The number of furan rings is 1. The summed E-state index contributed by atoms with van der Waals surface area (Å²) in [4.78, 5) is 12.4. The second kappa shape index (κ2) is 7.25. The summed E-state index contributed by atoms with van der Waals surface area (Å²) in [7, 11) is -3.66. The van der Waals surface area contributed by atoms with Gasteiger partial charge in [-0.05, 0) is 42.1 Å². The van der Waals surface area contributed by atoms with Crippen molar-refractivity contribution in [3.8, 4) is 0 Å². The average Bonchev–Trinajstić information content (AvgIpc) is 3.29. The van der Waals surface area contributed by atoms with Crippen LogP contribution in [0.15, 0.2) is 68.8 Å². The summed E-state index contributed by atoms with van der Waals surface area (Å²) >= 11 is 1.15. The molecule has 0 spiro atoms. The molecule has 0 saturated heterocycles. The van der Waals surface area contributed by atoms with Gasteiger partial charge in [-0.2, -0.15) is 0 Å². The number of thiophene rings is 1. The highest BCUT2D eigenvalue weighted by molar-refractivity contribution is 7.93. The topological polar surface area (TPSA) is 76.4 Å². The molecule has 3 rings (SSSR count). The Bertz CT molecular complexity index is 945. The lowest BCUT2D eigenvalue weighted by Crippen LogP contribution is -2.32. The van der Waals surface area contributed by atoms with Crippen molar-refractivity contribution in [3.63, 3.8) is 0 Å². The molecule has 3 aromatic rings. The molecule has 0 aliphatic rings. The lowest BCUT2D eigenvalue weighted by molar-refractivity contribution is 0.0952. The number of aryl methyl sites for hydroxylation is 1. The molecule has 2 aromatic heterocycles. The molecule has 25 heavy (non-hydrogen) atoms. The van der Waals surface area contributed by atoms with Crippen molar-refractivity contribution in [3.05, 3.63) is 77.1 Å². The minimum Gasteiger partial charge on any atom is -0.468 e. The summed E-state index contributed by atoms with van der Waals surface area (Å²) in [5.41, 5.74) is 1.35. The maximum atomic E-state index is 12.9. The molecule has 1 aromatic carbocycles. The zero-order chi connectivity index (χ0) is 17.9. The first-order chi connectivity index (χ1) is 12.0. The molecule has 130 valence electrons. The molecule has 0 bridgehead atoms. The number of hydrogen-bond acceptors (Lipinski definition) is 5. The number of nitrogens with one attached hydrogen (secondary N) is 1. The van der Waals surface area contributed by atoms with Gasteiger partial charge in [0.1, 0.15) is 15.2 Å². The van der Waals surface area contributed by atoms with Gasteiger partial charge in [0.15, 0.2) is 9.84 Å². The lowest BCUT2D eigenvalue weighted by atomic mass is 10.1. The first kappa shape index (κ1) is 17.4. The van der Waals surface area contributed by atoms with Crippen LogP contribution in [-0.4, -0.2) is 20.9 Å². The summed E-state index contributed by atoms with van der Waals surface area (Å²) in [5, 5.41) is 3.45. The molecule has 7 heteroatoms. The normalized spacial score (nSPS) is 12.7. The third-order valence-corrected chi connectivity index (χ3v) is 7.34. The van der Waals surface area contributed by atoms with E-state index in [4.69, 9.17) is 4.42 Å². The van der Waals surface area contributed by atoms with Crippen LogP contribution in [0.2, 0.25) is 0 Å².